The number of aromatic nitrogens is 2. The van der Waals surface area contributed by atoms with E-state index in [4.69, 9.17) is 18.9 Å². The van der Waals surface area contributed by atoms with Crippen LogP contribution in [0.4, 0.5) is 0 Å². The molecular formula is C26H26IN3O7. The Morgan fingerprint density at radius 3 is 2.41 bits per heavy atom. The molecule has 0 saturated carbocycles. The normalized spacial score (nSPS) is 18.1. The van der Waals surface area contributed by atoms with Gasteiger partial charge in [-0.25, -0.2) is 4.79 Å². The van der Waals surface area contributed by atoms with Crippen molar-refractivity contribution >= 4 is 51.0 Å². The van der Waals surface area contributed by atoms with Crippen molar-refractivity contribution in [1.82, 2.24) is 14.9 Å². The Morgan fingerprint density at radius 1 is 1.03 bits per heavy atom. The van der Waals surface area contributed by atoms with E-state index in [1.807, 2.05) is 11.8 Å². The summed E-state index contributed by atoms with van der Waals surface area (Å²) in [5, 5.41) is 0.740. The number of halogens is 1. The Hall–Kier alpha value is -3.48. The molecule has 2 aliphatic rings. The van der Waals surface area contributed by atoms with Gasteiger partial charge in [0, 0.05) is 29.6 Å². The fraction of sp³-hybridized carbons (Fsp3) is 0.346. The maximum absolute atomic E-state index is 13.9. The lowest BCUT2D eigenvalue weighted by molar-refractivity contribution is 0.0594. The van der Waals surface area contributed by atoms with Gasteiger partial charge in [0.15, 0.2) is 15.0 Å². The van der Waals surface area contributed by atoms with E-state index in [2.05, 4.69) is 32.6 Å². The summed E-state index contributed by atoms with van der Waals surface area (Å²) < 4.78 is 20.3. The second kappa shape index (κ2) is 9.12. The summed E-state index contributed by atoms with van der Waals surface area (Å²) in [5.74, 6) is 0.317. The summed E-state index contributed by atoms with van der Waals surface area (Å²) in [7, 11) is 5.89. The van der Waals surface area contributed by atoms with Crippen LogP contribution in [0.2, 0.25) is 0 Å². The molecule has 10 nitrogen and oxygen atoms in total. The van der Waals surface area contributed by atoms with Crippen molar-refractivity contribution in [1.29, 1.82) is 0 Å². The fourth-order valence-electron chi connectivity index (χ4n) is 5.28. The van der Waals surface area contributed by atoms with E-state index in [-0.39, 0.29) is 23.2 Å². The molecule has 2 N–H and O–H groups in total. The molecule has 0 bridgehead atoms. The maximum atomic E-state index is 13.9. The molecule has 3 heterocycles. The summed E-state index contributed by atoms with van der Waals surface area (Å²) in [6.07, 6.45) is 2.26. The first kappa shape index (κ1) is 25.2. The standard InChI is InChI=1S/C26H26IN3O7/c1-26(27,24(32)15-8-12-9-19(34-2)22(35-3)23(36-4)20(12)28-15)30-7-6-13-14-10-16(25(33)37-5)29-21(14)18(31)11-17(13)30/h8-11,13,28-29H,6-7H2,1-5H3. The lowest BCUT2D eigenvalue weighted by Gasteiger charge is -2.36. The van der Waals surface area contributed by atoms with Gasteiger partial charge in [-0.2, -0.15) is 0 Å². The number of carbonyl (C=O) groups excluding carboxylic acids is 3. The van der Waals surface area contributed by atoms with Crippen LogP contribution < -0.4 is 14.2 Å². The van der Waals surface area contributed by atoms with Gasteiger partial charge in [0.1, 0.15) is 5.69 Å². The number of carbonyl (C=O) groups is 3. The summed E-state index contributed by atoms with van der Waals surface area (Å²) in [4.78, 5) is 47.0. The minimum atomic E-state index is -1.00. The van der Waals surface area contributed by atoms with E-state index in [0.29, 0.717) is 47.1 Å². The SMILES string of the molecule is COC(=O)c1cc2c([nH]1)C(=O)C=C1C2CCN1C(C)(I)C(=O)c1cc2cc(OC)c(OC)c(OC)c2[nH]1. The maximum Gasteiger partial charge on any atom is 0.354 e. The number of hydrogen-bond acceptors (Lipinski definition) is 8. The Balaban J connectivity index is 1.50. The quantitative estimate of drug-likeness (QED) is 0.133. The highest BCUT2D eigenvalue weighted by molar-refractivity contribution is 14.1. The van der Waals surface area contributed by atoms with Crippen LogP contribution in [0.25, 0.3) is 10.9 Å². The number of rotatable bonds is 7. The number of nitrogens with one attached hydrogen (secondary N) is 2. The minimum absolute atomic E-state index is 0.111. The molecule has 0 spiro atoms. The first-order valence-electron chi connectivity index (χ1n) is 11.6. The second-order valence-corrected chi connectivity index (χ2v) is 11.1. The number of H-pyrrole nitrogens is 2. The van der Waals surface area contributed by atoms with Crippen molar-refractivity contribution in [2.75, 3.05) is 35.0 Å². The van der Waals surface area contributed by atoms with Crippen LogP contribution in [-0.4, -0.2) is 70.9 Å². The number of nitrogens with zero attached hydrogens (tertiary/aromatic N) is 1. The number of allylic oxidation sites excluding steroid dienone is 2. The minimum Gasteiger partial charge on any atom is -0.493 e. The van der Waals surface area contributed by atoms with Gasteiger partial charge in [0.2, 0.25) is 17.3 Å². The molecule has 37 heavy (non-hydrogen) atoms. The first-order valence-corrected chi connectivity index (χ1v) is 12.6. The van der Waals surface area contributed by atoms with Crippen LogP contribution in [0, 0.1) is 0 Å². The molecule has 1 saturated heterocycles. The van der Waals surface area contributed by atoms with Gasteiger partial charge in [-0.05, 0) is 59.7 Å². The third-order valence-electron chi connectivity index (χ3n) is 7.05. The van der Waals surface area contributed by atoms with Gasteiger partial charge in [0.25, 0.3) is 0 Å². The molecule has 1 aliphatic carbocycles. The summed E-state index contributed by atoms with van der Waals surface area (Å²) in [6, 6.07) is 5.23. The van der Waals surface area contributed by atoms with Crippen LogP contribution in [0.5, 0.6) is 17.2 Å². The smallest absolute Gasteiger partial charge is 0.354 e. The lowest BCUT2D eigenvalue weighted by atomic mass is 9.88. The topological polar surface area (TPSA) is 123 Å². The molecule has 194 valence electrons. The molecule has 3 aromatic rings. The van der Waals surface area contributed by atoms with Crippen LogP contribution >= 0.6 is 22.6 Å². The third kappa shape index (κ3) is 3.78. The number of aromatic amines is 2. The van der Waals surface area contributed by atoms with E-state index in [9.17, 15) is 14.4 Å². The van der Waals surface area contributed by atoms with E-state index < -0.39 is 9.51 Å². The first-order chi connectivity index (χ1) is 17.7. The van der Waals surface area contributed by atoms with E-state index in [1.54, 1.807) is 24.3 Å². The van der Waals surface area contributed by atoms with Crippen molar-refractivity contribution in [3.8, 4) is 17.2 Å². The molecule has 2 unspecified atom stereocenters. The number of ketones is 2. The predicted octanol–water partition coefficient (Wildman–Crippen LogP) is 4.21. The highest BCUT2D eigenvalue weighted by Crippen LogP contribution is 2.48. The number of alkyl halides is 1. The van der Waals surface area contributed by atoms with Gasteiger partial charge in [-0.3, -0.25) is 9.59 Å². The Labute approximate surface area is 226 Å². The molecule has 2 atom stereocenters. The zero-order valence-electron chi connectivity index (χ0n) is 21.0. The highest BCUT2D eigenvalue weighted by atomic mass is 127. The number of methoxy groups -OCH3 is 4. The third-order valence-corrected chi connectivity index (χ3v) is 8.12. The number of esters is 1. The van der Waals surface area contributed by atoms with Crippen molar-refractivity contribution in [3.05, 3.63) is 52.6 Å². The average Bonchev–Trinajstić information content (AvgIpc) is 3.62. The molecule has 2 aromatic heterocycles. The Bertz CT molecular complexity index is 1480. The summed E-state index contributed by atoms with van der Waals surface area (Å²) >= 11 is 2.14. The second-order valence-electron chi connectivity index (χ2n) is 9.01. The lowest BCUT2D eigenvalue weighted by Crippen LogP contribution is -2.45. The van der Waals surface area contributed by atoms with Crippen molar-refractivity contribution in [3.63, 3.8) is 0 Å². The zero-order chi connectivity index (χ0) is 26.6. The summed E-state index contributed by atoms with van der Waals surface area (Å²) in [6.45, 7) is 2.40. The van der Waals surface area contributed by atoms with Crippen LogP contribution in [-0.2, 0) is 4.74 Å². The van der Waals surface area contributed by atoms with Gasteiger partial charge >= 0.3 is 5.97 Å². The summed E-state index contributed by atoms with van der Waals surface area (Å²) in [5.41, 5.74) is 3.15. The van der Waals surface area contributed by atoms with Gasteiger partial charge in [0.05, 0.1) is 45.3 Å². The van der Waals surface area contributed by atoms with Crippen molar-refractivity contribution in [2.45, 2.75) is 22.8 Å². The molecule has 0 amide bonds. The van der Waals surface area contributed by atoms with Gasteiger partial charge in [-0.15, -0.1) is 0 Å². The van der Waals surface area contributed by atoms with Crippen LogP contribution in [0.15, 0.2) is 30.0 Å². The predicted molar refractivity (Wildman–Crippen MR) is 143 cm³/mol. The Kier molecular flexibility index (Phi) is 6.21. The van der Waals surface area contributed by atoms with E-state index >= 15 is 0 Å². The highest BCUT2D eigenvalue weighted by Gasteiger charge is 2.47. The van der Waals surface area contributed by atoms with Crippen LogP contribution in [0.1, 0.15) is 56.3 Å². The van der Waals surface area contributed by atoms with Crippen molar-refractivity contribution in [2.24, 2.45) is 0 Å². The molecular weight excluding hydrogens is 593 g/mol. The van der Waals surface area contributed by atoms with Crippen LogP contribution in [0.3, 0.4) is 0 Å². The molecule has 0 radical (unpaired) electrons. The average molecular weight is 619 g/mol. The Morgan fingerprint density at radius 2 is 1.76 bits per heavy atom. The number of fused-ring (bicyclic) bond motifs is 4. The monoisotopic (exact) mass is 619 g/mol. The van der Waals surface area contributed by atoms with Gasteiger partial charge < -0.3 is 33.8 Å². The molecule has 1 aromatic carbocycles. The molecule has 1 fully saturated rings. The van der Waals surface area contributed by atoms with E-state index in [0.717, 1.165) is 16.6 Å². The van der Waals surface area contributed by atoms with E-state index in [1.165, 1.54) is 28.4 Å². The number of ether oxygens (including phenoxy) is 4. The van der Waals surface area contributed by atoms with Crippen molar-refractivity contribution < 1.29 is 33.3 Å². The molecule has 5 rings (SSSR count). The number of benzene rings is 1. The largest absolute Gasteiger partial charge is 0.493 e. The molecule has 11 heteroatoms. The number of Topliss-reactive ketones (excluding diaryl/α,β-unsaturated/α-hetero) is 1. The molecule has 1 aliphatic heterocycles. The zero-order valence-corrected chi connectivity index (χ0v) is 23.1. The fourth-order valence-corrected chi connectivity index (χ4v) is 6.09. The number of hydrogen-bond donors (Lipinski definition) is 2. The van der Waals surface area contributed by atoms with Gasteiger partial charge in [-0.1, -0.05) is 0 Å². The number of likely N-dealkylation sites (tertiary alicyclic amines) is 1.